The molecule has 0 saturated carbocycles. The number of amides is 1. The molecule has 25 heavy (non-hydrogen) atoms. The van der Waals surface area contributed by atoms with Crippen molar-refractivity contribution >= 4 is 17.2 Å². The second-order valence-electron chi connectivity index (χ2n) is 7.49. The molecule has 0 aliphatic carbocycles. The molecule has 140 valence electrons. The van der Waals surface area contributed by atoms with Gasteiger partial charge >= 0.3 is 0 Å². The third kappa shape index (κ3) is 4.42. The van der Waals surface area contributed by atoms with Gasteiger partial charge in [0.05, 0.1) is 6.61 Å². The number of rotatable bonds is 5. The lowest BCUT2D eigenvalue weighted by Crippen LogP contribution is -2.60. The van der Waals surface area contributed by atoms with Crippen molar-refractivity contribution < 1.29 is 9.53 Å². The van der Waals surface area contributed by atoms with Gasteiger partial charge in [-0.15, -0.1) is 11.3 Å². The van der Waals surface area contributed by atoms with Gasteiger partial charge in [0.1, 0.15) is 0 Å². The predicted molar refractivity (Wildman–Crippen MR) is 102 cm³/mol. The van der Waals surface area contributed by atoms with Crippen LogP contribution in [0.1, 0.15) is 29.0 Å². The number of nitrogens with zero attached hydrogens (tertiary/aromatic N) is 3. The van der Waals surface area contributed by atoms with Gasteiger partial charge in [0, 0.05) is 68.1 Å². The first-order valence-electron chi connectivity index (χ1n) is 9.28. The van der Waals surface area contributed by atoms with E-state index < -0.39 is 0 Å². The van der Waals surface area contributed by atoms with E-state index in [0.29, 0.717) is 19.6 Å². The molecule has 5 nitrogen and oxygen atoms in total. The summed E-state index contributed by atoms with van der Waals surface area (Å²) < 4.78 is 5.17. The number of hydrogen-bond acceptors (Lipinski definition) is 5. The SMILES string of the molecule is COCCN1CC[C@@]2(CCC1=O)CN(Cc1ccc(C)s1)CCN2C. The lowest BCUT2D eigenvalue weighted by atomic mass is 9.86. The smallest absolute Gasteiger partial charge is 0.222 e. The van der Waals surface area contributed by atoms with Crippen LogP contribution in [0.5, 0.6) is 0 Å². The van der Waals surface area contributed by atoms with E-state index in [4.69, 9.17) is 4.74 Å². The van der Waals surface area contributed by atoms with Gasteiger partial charge in [-0.05, 0) is 38.9 Å². The maximum atomic E-state index is 12.5. The molecule has 0 N–H and O–H groups in total. The molecule has 1 spiro atoms. The van der Waals surface area contributed by atoms with Crippen molar-refractivity contribution in [2.45, 2.75) is 38.3 Å². The fraction of sp³-hybridized carbons (Fsp3) is 0.737. The number of likely N-dealkylation sites (N-methyl/N-ethyl adjacent to an activating group) is 1. The van der Waals surface area contributed by atoms with Crippen LogP contribution in [0.15, 0.2) is 12.1 Å². The van der Waals surface area contributed by atoms with Crippen molar-refractivity contribution in [1.29, 1.82) is 0 Å². The Labute approximate surface area is 155 Å². The number of likely N-dealkylation sites (tertiary alicyclic amines) is 1. The number of ether oxygens (including phenoxy) is 1. The molecule has 1 aromatic rings. The number of thiophene rings is 1. The lowest BCUT2D eigenvalue weighted by molar-refractivity contribution is -0.131. The summed E-state index contributed by atoms with van der Waals surface area (Å²) in [7, 11) is 3.94. The highest BCUT2D eigenvalue weighted by Crippen LogP contribution is 2.33. The predicted octanol–water partition coefficient (Wildman–Crippen LogP) is 2.20. The first-order chi connectivity index (χ1) is 12.0. The second kappa shape index (κ2) is 8.16. The molecule has 2 aliphatic heterocycles. The average molecular weight is 366 g/mol. The molecular weight excluding hydrogens is 334 g/mol. The number of aryl methyl sites for hydroxylation is 1. The number of piperazine rings is 1. The van der Waals surface area contributed by atoms with Crippen LogP contribution in [0.25, 0.3) is 0 Å². The number of carbonyl (C=O) groups excluding carboxylic acids is 1. The lowest BCUT2D eigenvalue weighted by Gasteiger charge is -2.49. The average Bonchev–Trinajstić information content (AvgIpc) is 2.93. The van der Waals surface area contributed by atoms with E-state index in [1.165, 1.54) is 9.75 Å². The van der Waals surface area contributed by atoms with Crippen LogP contribution < -0.4 is 0 Å². The van der Waals surface area contributed by atoms with E-state index >= 15 is 0 Å². The van der Waals surface area contributed by atoms with Crippen molar-refractivity contribution in [3.05, 3.63) is 21.9 Å². The normalized spacial score (nSPS) is 26.4. The summed E-state index contributed by atoms with van der Waals surface area (Å²) in [6, 6.07) is 4.47. The number of hydrogen-bond donors (Lipinski definition) is 0. The Kier molecular flexibility index (Phi) is 6.15. The summed E-state index contributed by atoms with van der Waals surface area (Å²) in [6.45, 7) is 8.64. The van der Waals surface area contributed by atoms with E-state index in [9.17, 15) is 4.79 Å². The Bertz CT molecular complexity index is 591. The Hall–Kier alpha value is -0.950. The van der Waals surface area contributed by atoms with Crippen molar-refractivity contribution in [1.82, 2.24) is 14.7 Å². The second-order valence-corrected chi connectivity index (χ2v) is 8.86. The maximum Gasteiger partial charge on any atom is 0.222 e. The summed E-state index contributed by atoms with van der Waals surface area (Å²) in [5.41, 5.74) is 0.127. The minimum absolute atomic E-state index is 0.127. The molecule has 0 unspecified atom stereocenters. The summed E-state index contributed by atoms with van der Waals surface area (Å²) in [5, 5.41) is 0. The molecule has 6 heteroatoms. The third-order valence-electron chi connectivity index (χ3n) is 5.82. The summed E-state index contributed by atoms with van der Waals surface area (Å²) in [6.07, 6.45) is 2.67. The summed E-state index contributed by atoms with van der Waals surface area (Å²) in [5.74, 6) is 0.285. The van der Waals surface area contributed by atoms with Gasteiger partial charge in [0.25, 0.3) is 0 Å². The first-order valence-corrected chi connectivity index (χ1v) is 10.1. The van der Waals surface area contributed by atoms with Crippen LogP contribution in [0.2, 0.25) is 0 Å². The Morgan fingerprint density at radius 3 is 2.80 bits per heavy atom. The number of carbonyl (C=O) groups is 1. The molecule has 1 amide bonds. The van der Waals surface area contributed by atoms with Gasteiger partial charge in [-0.1, -0.05) is 0 Å². The fourth-order valence-electron chi connectivity index (χ4n) is 4.14. The van der Waals surface area contributed by atoms with E-state index in [2.05, 4.69) is 35.9 Å². The van der Waals surface area contributed by atoms with Gasteiger partial charge in [0.2, 0.25) is 5.91 Å². The van der Waals surface area contributed by atoms with Crippen LogP contribution in [-0.2, 0) is 16.1 Å². The fourth-order valence-corrected chi connectivity index (χ4v) is 5.07. The number of methoxy groups -OCH3 is 1. The molecule has 0 aromatic carbocycles. The topological polar surface area (TPSA) is 36.0 Å². The quantitative estimate of drug-likeness (QED) is 0.801. The zero-order chi connectivity index (χ0) is 17.9. The van der Waals surface area contributed by atoms with Crippen LogP contribution in [0, 0.1) is 6.92 Å². The standard InChI is InChI=1S/C19H31N3O2S/c1-16-4-5-17(25-16)14-21-11-10-20(2)19(15-21)7-6-18(23)22(9-8-19)12-13-24-3/h4-5H,6-15H2,1-3H3/t19-/m0/s1. The molecule has 2 fully saturated rings. The summed E-state index contributed by atoms with van der Waals surface area (Å²) >= 11 is 1.90. The first kappa shape index (κ1) is 18.8. The van der Waals surface area contributed by atoms with Crippen molar-refractivity contribution in [3.8, 4) is 0 Å². The minimum atomic E-state index is 0.127. The van der Waals surface area contributed by atoms with Crippen LogP contribution in [0.4, 0.5) is 0 Å². The highest BCUT2D eigenvalue weighted by atomic mass is 32.1. The maximum absolute atomic E-state index is 12.5. The largest absolute Gasteiger partial charge is 0.383 e. The molecule has 2 saturated heterocycles. The highest BCUT2D eigenvalue weighted by molar-refractivity contribution is 7.11. The van der Waals surface area contributed by atoms with Gasteiger partial charge in [0.15, 0.2) is 0 Å². The molecular formula is C19H31N3O2S. The van der Waals surface area contributed by atoms with Gasteiger partial charge in [-0.3, -0.25) is 14.6 Å². The summed E-state index contributed by atoms with van der Waals surface area (Å²) in [4.78, 5) is 22.4. The highest BCUT2D eigenvalue weighted by Gasteiger charge is 2.42. The zero-order valence-electron chi connectivity index (χ0n) is 15.8. The van der Waals surface area contributed by atoms with Crippen molar-refractivity contribution in [3.63, 3.8) is 0 Å². The monoisotopic (exact) mass is 365 g/mol. The van der Waals surface area contributed by atoms with Crippen LogP contribution >= 0.6 is 11.3 Å². The van der Waals surface area contributed by atoms with E-state index in [1.54, 1.807) is 7.11 Å². The van der Waals surface area contributed by atoms with E-state index in [1.807, 2.05) is 16.2 Å². The van der Waals surface area contributed by atoms with Gasteiger partial charge in [-0.25, -0.2) is 0 Å². The minimum Gasteiger partial charge on any atom is -0.383 e. The molecule has 1 atom stereocenters. The van der Waals surface area contributed by atoms with Crippen LogP contribution in [-0.4, -0.2) is 79.6 Å². The van der Waals surface area contributed by atoms with Crippen molar-refractivity contribution in [2.24, 2.45) is 0 Å². The molecule has 1 aromatic heterocycles. The Balaban J connectivity index is 1.66. The van der Waals surface area contributed by atoms with Crippen molar-refractivity contribution in [2.75, 3.05) is 53.5 Å². The molecule has 2 aliphatic rings. The zero-order valence-corrected chi connectivity index (χ0v) is 16.6. The molecule has 0 radical (unpaired) electrons. The van der Waals surface area contributed by atoms with Gasteiger partial charge in [-0.2, -0.15) is 0 Å². The van der Waals surface area contributed by atoms with E-state index in [-0.39, 0.29) is 11.4 Å². The molecule has 3 heterocycles. The van der Waals surface area contributed by atoms with Crippen LogP contribution in [0.3, 0.4) is 0 Å². The Morgan fingerprint density at radius 2 is 2.08 bits per heavy atom. The molecule has 3 rings (SSSR count). The van der Waals surface area contributed by atoms with E-state index in [0.717, 1.165) is 45.6 Å². The van der Waals surface area contributed by atoms with Gasteiger partial charge < -0.3 is 9.64 Å². The molecule has 0 bridgehead atoms. The third-order valence-corrected chi connectivity index (χ3v) is 6.81. The Morgan fingerprint density at radius 1 is 1.24 bits per heavy atom.